The first kappa shape index (κ1) is 18.4. The topological polar surface area (TPSA) is 72.2 Å². The van der Waals surface area contributed by atoms with Gasteiger partial charge in [-0.15, -0.1) is 0 Å². The number of nitrogens with one attached hydrogen (secondary N) is 1. The third kappa shape index (κ3) is 5.21. The molecule has 0 radical (unpaired) electrons. The molecule has 0 aliphatic heterocycles. The number of sulfonamides is 1. The molecule has 21 heavy (non-hydrogen) atoms. The molecule has 0 spiro atoms. The Morgan fingerprint density at radius 1 is 1.29 bits per heavy atom. The lowest BCUT2D eigenvalue weighted by atomic mass is 10.1. The maximum Gasteiger partial charge on any atom is 0.240 e. The Labute approximate surface area is 130 Å². The minimum Gasteiger partial charge on any atom is -0.326 e. The van der Waals surface area contributed by atoms with Crippen molar-refractivity contribution >= 4 is 21.6 Å². The highest BCUT2D eigenvalue weighted by atomic mass is 35.5. The fraction of sp³-hybridized carbons (Fsp3) is 0.571. The standard InChI is InChI=1S/C14H22ClFN2O2S/c1-9(2)4-5-10(3)18-21(19,20)12-6-11(8-17)14(15)13(16)7-12/h6-7,9-10,18H,4-5,8,17H2,1-3H3. The maximum atomic E-state index is 13.7. The van der Waals surface area contributed by atoms with Crippen LogP contribution in [0.4, 0.5) is 4.39 Å². The van der Waals surface area contributed by atoms with Crippen molar-refractivity contribution in [1.82, 2.24) is 4.72 Å². The molecule has 0 fully saturated rings. The van der Waals surface area contributed by atoms with Gasteiger partial charge in [-0.05, 0) is 43.4 Å². The third-order valence-corrected chi connectivity index (χ3v) is 5.13. The minimum absolute atomic E-state index is 0.0258. The second-order valence-electron chi connectivity index (χ2n) is 5.58. The van der Waals surface area contributed by atoms with E-state index < -0.39 is 15.8 Å². The number of hydrogen-bond donors (Lipinski definition) is 2. The van der Waals surface area contributed by atoms with E-state index in [1.165, 1.54) is 6.07 Å². The fourth-order valence-electron chi connectivity index (χ4n) is 1.90. The van der Waals surface area contributed by atoms with E-state index in [-0.39, 0.29) is 28.1 Å². The molecule has 1 rings (SSSR count). The zero-order valence-electron chi connectivity index (χ0n) is 12.5. The Hall–Kier alpha value is -0.690. The van der Waals surface area contributed by atoms with Gasteiger partial charge in [0.05, 0.1) is 9.92 Å². The van der Waals surface area contributed by atoms with Crippen molar-refractivity contribution in [2.75, 3.05) is 0 Å². The molecule has 0 aliphatic carbocycles. The average molecular weight is 337 g/mol. The van der Waals surface area contributed by atoms with Gasteiger partial charge >= 0.3 is 0 Å². The molecular weight excluding hydrogens is 315 g/mol. The molecule has 0 saturated carbocycles. The molecule has 0 heterocycles. The van der Waals surface area contributed by atoms with E-state index >= 15 is 0 Å². The van der Waals surface area contributed by atoms with Crippen LogP contribution >= 0.6 is 11.6 Å². The van der Waals surface area contributed by atoms with E-state index in [9.17, 15) is 12.8 Å². The summed E-state index contributed by atoms with van der Waals surface area (Å²) in [6, 6.07) is 2.00. The summed E-state index contributed by atoms with van der Waals surface area (Å²) in [5, 5.41) is -0.135. The van der Waals surface area contributed by atoms with Gasteiger partial charge in [0.15, 0.2) is 0 Å². The summed E-state index contributed by atoms with van der Waals surface area (Å²) in [6.07, 6.45) is 1.63. The molecule has 1 aromatic carbocycles. The van der Waals surface area contributed by atoms with Gasteiger partial charge in [0.1, 0.15) is 5.82 Å². The van der Waals surface area contributed by atoms with Crippen LogP contribution < -0.4 is 10.5 Å². The van der Waals surface area contributed by atoms with E-state index in [1.807, 2.05) is 0 Å². The molecule has 3 N–H and O–H groups in total. The summed E-state index contributed by atoms with van der Waals surface area (Å²) < 4.78 is 40.7. The van der Waals surface area contributed by atoms with Crippen LogP contribution in [0.2, 0.25) is 5.02 Å². The van der Waals surface area contributed by atoms with Gasteiger partial charge in [-0.3, -0.25) is 0 Å². The summed E-state index contributed by atoms with van der Waals surface area (Å²) >= 11 is 5.74. The fourth-order valence-corrected chi connectivity index (χ4v) is 3.42. The Balaban J connectivity index is 2.95. The summed E-state index contributed by atoms with van der Waals surface area (Å²) in [5.74, 6) is -0.288. The number of hydrogen-bond acceptors (Lipinski definition) is 3. The molecule has 1 unspecified atom stereocenters. The molecule has 120 valence electrons. The van der Waals surface area contributed by atoms with Gasteiger partial charge in [-0.1, -0.05) is 25.4 Å². The summed E-state index contributed by atoms with van der Waals surface area (Å²) in [5.41, 5.74) is 5.72. The summed E-state index contributed by atoms with van der Waals surface area (Å²) in [4.78, 5) is -0.152. The van der Waals surface area contributed by atoms with Crippen molar-refractivity contribution in [1.29, 1.82) is 0 Å². The number of benzene rings is 1. The van der Waals surface area contributed by atoms with Gasteiger partial charge in [0.2, 0.25) is 10.0 Å². The number of rotatable bonds is 7. The van der Waals surface area contributed by atoms with Crippen molar-refractivity contribution in [2.24, 2.45) is 11.7 Å². The van der Waals surface area contributed by atoms with Crippen LogP contribution in [0.25, 0.3) is 0 Å². The second kappa shape index (κ2) is 7.54. The van der Waals surface area contributed by atoms with Gasteiger partial charge in [-0.25, -0.2) is 17.5 Å². The van der Waals surface area contributed by atoms with E-state index in [4.69, 9.17) is 17.3 Å². The Bertz CT molecular complexity index is 591. The van der Waals surface area contributed by atoms with E-state index in [0.29, 0.717) is 5.92 Å². The molecule has 0 amide bonds. The van der Waals surface area contributed by atoms with Crippen LogP contribution in [0, 0.1) is 11.7 Å². The lowest BCUT2D eigenvalue weighted by molar-refractivity contribution is 0.485. The molecule has 1 atom stereocenters. The maximum absolute atomic E-state index is 13.7. The minimum atomic E-state index is -3.78. The molecule has 0 aromatic heterocycles. The highest BCUT2D eigenvalue weighted by molar-refractivity contribution is 7.89. The predicted molar refractivity (Wildman–Crippen MR) is 83.2 cm³/mol. The first-order valence-electron chi connectivity index (χ1n) is 6.87. The van der Waals surface area contributed by atoms with Crippen molar-refractivity contribution in [3.63, 3.8) is 0 Å². The van der Waals surface area contributed by atoms with Crippen molar-refractivity contribution in [2.45, 2.75) is 51.1 Å². The first-order chi connectivity index (χ1) is 9.67. The van der Waals surface area contributed by atoms with Crippen LogP contribution in [0.1, 0.15) is 39.2 Å². The first-order valence-corrected chi connectivity index (χ1v) is 8.73. The van der Waals surface area contributed by atoms with Crippen molar-refractivity contribution in [3.05, 3.63) is 28.5 Å². The molecule has 7 heteroatoms. The monoisotopic (exact) mass is 336 g/mol. The molecule has 0 saturated heterocycles. The smallest absolute Gasteiger partial charge is 0.240 e. The van der Waals surface area contributed by atoms with Crippen LogP contribution in [0.5, 0.6) is 0 Å². The quantitative estimate of drug-likeness (QED) is 0.803. The molecule has 1 aromatic rings. The average Bonchev–Trinajstić information content (AvgIpc) is 2.38. The zero-order valence-corrected chi connectivity index (χ0v) is 14.1. The third-order valence-electron chi connectivity index (χ3n) is 3.14. The second-order valence-corrected chi connectivity index (χ2v) is 7.67. The summed E-state index contributed by atoms with van der Waals surface area (Å²) in [7, 11) is -3.78. The van der Waals surface area contributed by atoms with Crippen LogP contribution in [-0.4, -0.2) is 14.5 Å². The van der Waals surface area contributed by atoms with E-state index in [1.54, 1.807) is 6.92 Å². The Kier molecular flexibility index (Phi) is 6.59. The van der Waals surface area contributed by atoms with E-state index in [2.05, 4.69) is 18.6 Å². The lowest BCUT2D eigenvalue weighted by Gasteiger charge is -2.16. The van der Waals surface area contributed by atoms with Gasteiger partial charge in [0.25, 0.3) is 0 Å². The highest BCUT2D eigenvalue weighted by Crippen LogP contribution is 2.24. The van der Waals surface area contributed by atoms with Crippen molar-refractivity contribution < 1.29 is 12.8 Å². The van der Waals surface area contributed by atoms with Gasteiger partial charge in [-0.2, -0.15) is 0 Å². The molecule has 0 bridgehead atoms. The van der Waals surface area contributed by atoms with Gasteiger partial charge in [0, 0.05) is 12.6 Å². The normalized spacial score (nSPS) is 13.7. The Morgan fingerprint density at radius 3 is 2.43 bits per heavy atom. The summed E-state index contributed by atoms with van der Waals surface area (Å²) in [6.45, 7) is 5.91. The lowest BCUT2D eigenvalue weighted by Crippen LogP contribution is -2.33. The molecule has 0 aliphatic rings. The van der Waals surface area contributed by atoms with Crippen LogP contribution in [0.3, 0.4) is 0 Å². The van der Waals surface area contributed by atoms with Crippen molar-refractivity contribution in [3.8, 4) is 0 Å². The predicted octanol–water partition coefficient (Wildman–Crippen LogP) is 3.04. The highest BCUT2D eigenvalue weighted by Gasteiger charge is 2.20. The van der Waals surface area contributed by atoms with E-state index in [0.717, 1.165) is 18.9 Å². The number of nitrogens with two attached hydrogens (primary N) is 1. The largest absolute Gasteiger partial charge is 0.326 e. The number of halogens is 2. The van der Waals surface area contributed by atoms with Gasteiger partial charge < -0.3 is 5.73 Å². The SMILES string of the molecule is CC(C)CCC(C)NS(=O)(=O)c1cc(F)c(Cl)c(CN)c1. The Morgan fingerprint density at radius 2 is 1.90 bits per heavy atom. The van der Waals surface area contributed by atoms with Crippen LogP contribution in [-0.2, 0) is 16.6 Å². The van der Waals surface area contributed by atoms with Crippen LogP contribution in [0.15, 0.2) is 17.0 Å². The molecular formula is C14H22ClFN2O2S. The zero-order chi connectivity index (χ0) is 16.2. The molecule has 4 nitrogen and oxygen atoms in total.